The minimum absolute atomic E-state index is 0.0526. The lowest BCUT2D eigenvalue weighted by molar-refractivity contribution is -0.122. The summed E-state index contributed by atoms with van der Waals surface area (Å²) < 4.78 is 0. The largest absolute Gasteiger partial charge is 0.274 e. The first kappa shape index (κ1) is 13.3. The van der Waals surface area contributed by atoms with Gasteiger partial charge in [-0.15, -0.1) is 0 Å². The highest BCUT2D eigenvalue weighted by molar-refractivity contribution is 6.22. The summed E-state index contributed by atoms with van der Waals surface area (Å²) in [7, 11) is 0. The predicted octanol–water partition coefficient (Wildman–Crippen LogP) is 3.15. The lowest BCUT2D eigenvalue weighted by Gasteiger charge is -2.30. The van der Waals surface area contributed by atoms with Crippen LogP contribution in [-0.4, -0.2) is 11.8 Å². The van der Waals surface area contributed by atoms with Gasteiger partial charge in [0, 0.05) is 0 Å². The minimum atomic E-state index is -0.234. The van der Waals surface area contributed by atoms with Crippen molar-refractivity contribution >= 4 is 17.5 Å². The van der Waals surface area contributed by atoms with Crippen molar-refractivity contribution in [1.29, 1.82) is 0 Å². The van der Waals surface area contributed by atoms with E-state index in [1.54, 1.807) is 0 Å². The zero-order chi connectivity index (χ0) is 15.3. The van der Waals surface area contributed by atoms with Gasteiger partial charge in [0.1, 0.15) is 0 Å². The van der Waals surface area contributed by atoms with Crippen LogP contribution in [0.4, 0.5) is 5.69 Å². The van der Waals surface area contributed by atoms with Gasteiger partial charge in [-0.25, -0.2) is 0 Å². The number of carbonyl (C=O) groups is 2. The average Bonchev–Trinajstić information content (AvgIpc) is 2.80. The van der Waals surface area contributed by atoms with E-state index in [1.165, 1.54) is 16.0 Å². The van der Waals surface area contributed by atoms with Gasteiger partial charge in [0.2, 0.25) is 11.8 Å². The second-order valence-corrected chi connectivity index (χ2v) is 6.17. The molecule has 3 heteroatoms. The quantitative estimate of drug-likeness (QED) is 0.757. The Kier molecular flexibility index (Phi) is 2.89. The molecular formula is C19H17NO2. The van der Waals surface area contributed by atoms with Crippen LogP contribution < -0.4 is 4.90 Å². The maximum Gasteiger partial charge on any atom is 0.238 e. The second kappa shape index (κ2) is 4.80. The van der Waals surface area contributed by atoms with Crippen molar-refractivity contribution in [2.24, 2.45) is 11.8 Å². The minimum Gasteiger partial charge on any atom is -0.274 e. The van der Waals surface area contributed by atoms with Crippen LogP contribution in [0.25, 0.3) is 0 Å². The normalized spacial score (nSPS) is 26.8. The third-order valence-electron chi connectivity index (χ3n) is 5.02. The molecule has 3 nitrogen and oxygen atoms in total. The molecule has 0 aromatic heterocycles. The number of benzene rings is 2. The summed E-state index contributed by atoms with van der Waals surface area (Å²) in [5.74, 6) is -0.480. The Labute approximate surface area is 129 Å². The summed E-state index contributed by atoms with van der Waals surface area (Å²) in [6, 6.07) is 17.4. The van der Waals surface area contributed by atoms with Crippen LogP contribution in [0.3, 0.4) is 0 Å². The molecule has 2 aliphatic rings. The van der Waals surface area contributed by atoms with Crippen molar-refractivity contribution in [2.75, 3.05) is 4.90 Å². The molecule has 1 saturated heterocycles. The van der Waals surface area contributed by atoms with Gasteiger partial charge in [0.25, 0.3) is 0 Å². The highest BCUT2D eigenvalue weighted by Crippen LogP contribution is 2.45. The van der Waals surface area contributed by atoms with Gasteiger partial charge < -0.3 is 0 Å². The molecule has 0 N–H and O–H groups in total. The van der Waals surface area contributed by atoms with E-state index in [0.717, 1.165) is 0 Å². The first-order valence-electron chi connectivity index (χ1n) is 7.69. The van der Waals surface area contributed by atoms with Gasteiger partial charge >= 0.3 is 0 Å². The van der Waals surface area contributed by atoms with Gasteiger partial charge in [0.05, 0.1) is 17.5 Å². The molecule has 0 bridgehead atoms. The van der Waals surface area contributed by atoms with Crippen LogP contribution in [0.5, 0.6) is 0 Å². The fourth-order valence-corrected chi connectivity index (χ4v) is 3.95. The molecule has 3 unspecified atom stereocenters. The number of rotatable bonds is 1. The number of imide groups is 1. The number of carbonyl (C=O) groups excluding carboxylic acids is 2. The predicted molar refractivity (Wildman–Crippen MR) is 84.5 cm³/mol. The summed E-state index contributed by atoms with van der Waals surface area (Å²) in [6.07, 6.45) is 0.666. The van der Waals surface area contributed by atoms with E-state index < -0.39 is 0 Å². The molecule has 110 valence electrons. The molecule has 22 heavy (non-hydrogen) atoms. The summed E-state index contributed by atoms with van der Waals surface area (Å²) >= 11 is 0. The Hall–Kier alpha value is -2.42. The van der Waals surface area contributed by atoms with Crippen molar-refractivity contribution in [3.63, 3.8) is 0 Å². The lowest BCUT2D eigenvalue weighted by Crippen LogP contribution is -2.31. The molecule has 2 amide bonds. The van der Waals surface area contributed by atoms with Crippen molar-refractivity contribution in [3.8, 4) is 0 Å². The van der Waals surface area contributed by atoms with E-state index in [2.05, 4.69) is 19.1 Å². The average molecular weight is 291 g/mol. The van der Waals surface area contributed by atoms with E-state index in [1.807, 2.05) is 42.5 Å². The summed E-state index contributed by atoms with van der Waals surface area (Å²) in [5, 5.41) is 0. The van der Waals surface area contributed by atoms with E-state index in [0.29, 0.717) is 12.1 Å². The molecular weight excluding hydrogens is 274 g/mol. The van der Waals surface area contributed by atoms with Crippen LogP contribution >= 0.6 is 0 Å². The fourth-order valence-electron chi connectivity index (χ4n) is 3.95. The molecule has 0 saturated carbocycles. The molecule has 0 radical (unpaired) electrons. The summed E-state index contributed by atoms with van der Waals surface area (Å²) in [6.45, 7) is 2.06. The van der Waals surface area contributed by atoms with Crippen LogP contribution in [0.1, 0.15) is 24.0 Å². The zero-order valence-corrected chi connectivity index (χ0v) is 12.4. The Bertz CT molecular complexity index is 753. The van der Waals surface area contributed by atoms with E-state index in [9.17, 15) is 9.59 Å². The first-order chi connectivity index (χ1) is 10.7. The van der Waals surface area contributed by atoms with Crippen molar-refractivity contribution < 1.29 is 9.59 Å². The standard InChI is InChI=1S/C19H17NO2/c1-12-15-10-6-5-7-13(15)11-16-17(12)19(22)20(18(16)21)14-8-3-2-4-9-14/h2-10,12,16-17H,11H2,1H3. The molecule has 1 fully saturated rings. The smallest absolute Gasteiger partial charge is 0.238 e. The number of hydrogen-bond acceptors (Lipinski definition) is 2. The Morgan fingerprint density at radius 2 is 1.59 bits per heavy atom. The molecule has 1 aliphatic carbocycles. The third-order valence-corrected chi connectivity index (χ3v) is 5.02. The Balaban J connectivity index is 1.78. The number of nitrogens with zero attached hydrogens (tertiary/aromatic N) is 1. The first-order valence-corrected chi connectivity index (χ1v) is 7.69. The van der Waals surface area contributed by atoms with Crippen LogP contribution in [0.2, 0.25) is 0 Å². The monoisotopic (exact) mass is 291 g/mol. The van der Waals surface area contributed by atoms with Gasteiger partial charge in [-0.1, -0.05) is 49.4 Å². The maximum atomic E-state index is 12.9. The number of hydrogen-bond donors (Lipinski definition) is 0. The Morgan fingerprint density at radius 3 is 2.36 bits per heavy atom. The number of para-hydroxylation sites is 1. The SMILES string of the molecule is CC1c2ccccc2CC2C(=O)N(c3ccccc3)C(=O)C21. The molecule has 0 spiro atoms. The van der Waals surface area contributed by atoms with Crippen molar-refractivity contribution in [2.45, 2.75) is 19.3 Å². The van der Waals surface area contributed by atoms with Crippen LogP contribution in [-0.2, 0) is 16.0 Å². The fraction of sp³-hybridized carbons (Fsp3) is 0.263. The van der Waals surface area contributed by atoms with Crippen LogP contribution in [0.15, 0.2) is 54.6 Å². The number of anilines is 1. The van der Waals surface area contributed by atoms with Crippen molar-refractivity contribution in [1.82, 2.24) is 0 Å². The topological polar surface area (TPSA) is 37.4 Å². The van der Waals surface area contributed by atoms with Gasteiger partial charge in [-0.2, -0.15) is 0 Å². The molecule has 2 aromatic carbocycles. The third kappa shape index (κ3) is 1.75. The van der Waals surface area contributed by atoms with Gasteiger partial charge in [0.15, 0.2) is 0 Å². The zero-order valence-electron chi connectivity index (χ0n) is 12.4. The number of fused-ring (bicyclic) bond motifs is 2. The summed E-state index contributed by atoms with van der Waals surface area (Å²) in [5.41, 5.74) is 3.09. The van der Waals surface area contributed by atoms with Crippen molar-refractivity contribution in [3.05, 3.63) is 65.7 Å². The lowest BCUT2D eigenvalue weighted by atomic mass is 9.71. The molecule has 4 rings (SSSR count). The van der Waals surface area contributed by atoms with Gasteiger partial charge in [-0.3, -0.25) is 14.5 Å². The number of amides is 2. The second-order valence-electron chi connectivity index (χ2n) is 6.17. The molecule has 2 aromatic rings. The Morgan fingerprint density at radius 1 is 0.909 bits per heavy atom. The highest BCUT2D eigenvalue weighted by Gasteiger charge is 2.52. The maximum absolute atomic E-state index is 12.9. The van der Waals surface area contributed by atoms with Crippen LogP contribution in [0, 0.1) is 11.8 Å². The summed E-state index contributed by atoms with van der Waals surface area (Å²) in [4.78, 5) is 27.1. The van der Waals surface area contributed by atoms with E-state index in [4.69, 9.17) is 0 Å². The van der Waals surface area contributed by atoms with Gasteiger partial charge in [-0.05, 0) is 35.6 Å². The van der Waals surface area contributed by atoms with E-state index >= 15 is 0 Å². The molecule has 1 heterocycles. The highest BCUT2D eigenvalue weighted by atomic mass is 16.2. The molecule has 1 aliphatic heterocycles. The van der Waals surface area contributed by atoms with E-state index in [-0.39, 0.29) is 29.6 Å². The molecule has 3 atom stereocenters.